The van der Waals surface area contributed by atoms with Gasteiger partial charge in [0.05, 0.1) is 0 Å². The molecule has 1 aliphatic rings. The molecule has 0 bridgehead atoms. The minimum absolute atomic E-state index is 0.192. The molecule has 0 spiro atoms. The number of rotatable bonds is 1. The highest BCUT2D eigenvalue weighted by Gasteiger charge is 2.31. The summed E-state index contributed by atoms with van der Waals surface area (Å²) in [6.45, 7) is 0. The summed E-state index contributed by atoms with van der Waals surface area (Å²) < 4.78 is 0. The van der Waals surface area contributed by atoms with Crippen molar-refractivity contribution in [1.29, 1.82) is 0 Å². The predicted octanol–water partition coefficient (Wildman–Crippen LogP) is 0.351. The van der Waals surface area contributed by atoms with Gasteiger partial charge in [0.25, 0.3) is 0 Å². The van der Waals surface area contributed by atoms with Gasteiger partial charge < -0.3 is 5.11 Å². The van der Waals surface area contributed by atoms with Crippen LogP contribution in [0.5, 0.6) is 0 Å². The molecule has 1 N–H and O–H groups in total. The Kier molecular flexibility index (Phi) is 1.75. The molecule has 0 radical (unpaired) electrons. The summed E-state index contributed by atoms with van der Waals surface area (Å²) in [5.74, 6) is -1.05. The van der Waals surface area contributed by atoms with Crippen molar-refractivity contribution in [1.82, 2.24) is 0 Å². The molecule has 1 heterocycles. The van der Waals surface area contributed by atoms with Crippen molar-refractivity contribution < 1.29 is 14.7 Å². The SMILES string of the molecule is O=C(O)C1CCSC1=O. The fraction of sp³-hybridized carbons (Fsp3) is 0.600. The minimum atomic E-state index is -0.981. The monoisotopic (exact) mass is 146 g/mol. The van der Waals surface area contributed by atoms with Gasteiger partial charge in [0.1, 0.15) is 5.92 Å². The molecule has 3 nitrogen and oxygen atoms in total. The maximum Gasteiger partial charge on any atom is 0.315 e. The molecular weight excluding hydrogens is 140 g/mol. The summed E-state index contributed by atoms with van der Waals surface area (Å²) in [6, 6.07) is 0. The van der Waals surface area contributed by atoms with Crippen LogP contribution in [0.1, 0.15) is 6.42 Å². The molecule has 1 saturated heterocycles. The summed E-state index contributed by atoms with van der Waals surface area (Å²) in [4.78, 5) is 20.8. The zero-order valence-corrected chi connectivity index (χ0v) is 5.48. The summed E-state index contributed by atoms with van der Waals surface area (Å²) in [6.07, 6.45) is 0.499. The van der Waals surface area contributed by atoms with E-state index in [0.29, 0.717) is 12.2 Å². The van der Waals surface area contributed by atoms with Crippen LogP contribution in [0, 0.1) is 5.92 Å². The summed E-state index contributed by atoms with van der Waals surface area (Å²) in [7, 11) is 0. The number of carbonyl (C=O) groups is 2. The van der Waals surface area contributed by atoms with Gasteiger partial charge >= 0.3 is 5.97 Å². The quantitative estimate of drug-likeness (QED) is 0.542. The lowest BCUT2D eigenvalue weighted by Gasteiger charge is -1.95. The van der Waals surface area contributed by atoms with Crippen LogP contribution in [-0.2, 0) is 9.59 Å². The van der Waals surface area contributed by atoms with E-state index in [-0.39, 0.29) is 5.12 Å². The molecule has 50 valence electrons. The molecule has 1 unspecified atom stereocenters. The van der Waals surface area contributed by atoms with Crippen molar-refractivity contribution >= 4 is 22.8 Å². The van der Waals surface area contributed by atoms with Crippen LogP contribution in [0.2, 0.25) is 0 Å². The largest absolute Gasteiger partial charge is 0.481 e. The highest BCUT2D eigenvalue weighted by Crippen LogP contribution is 2.25. The number of hydrogen-bond acceptors (Lipinski definition) is 3. The van der Waals surface area contributed by atoms with Crippen LogP contribution < -0.4 is 0 Å². The van der Waals surface area contributed by atoms with Crippen LogP contribution >= 0.6 is 11.8 Å². The molecule has 1 aliphatic heterocycles. The molecule has 1 atom stereocenters. The second-order valence-corrected chi connectivity index (χ2v) is 2.95. The number of aliphatic carboxylic acids is 1. The highest BCUT2D eigenvalue weighted by molar-refractivity contribution is 8.14. The second-order valence-electron chi connectivity index (χ2n) is 1.85. The maximum absolute atomic E-state index is 10.6. The molecule has 0 aromatic heterocycles. The third-order valence-corrected chi connectivity index (χ3v) is 2.24. The van der Waals surface area contributed by atoms with Crippen molar-refractivity contribution in [3.05, 3.63) is 0 Å². The van der Waals surface area contributed by atoms with Crippen molar-refractivity contribution in [2.75, 3.05) is 5.75 Å². The first-order valence-corrected chi connectivity index (χ1v) is 3.60. The van der Waals surface area contributed by atoms with Gasteiger partial charge in [-0.15, -0.1) is 0 Å². The first-order valence-electron chi connectivity index (χ1n) is 2.61. The third-order valence-electron chi connectivity index (χ3n) is 1.23. The van der Waals surface area contributed by atoms with Crippen LogP contribution in [0.25, 0.3) is 0 Å². The first-order chi connectivity index (χ1) is 4.22. The topological polar surface area (TPSA) is 54.4 Å². The van der Waals surface area contributed by atoms with Gasteiger partial charge in [0, 0.05) is 5.75 Å². The molecular formula is C5H6O3S. The van der Waals surface area contributed by atoms with Gasteiger partial charge in [-0.05, 0) is 6.42 Å². The van der Waals surface area contributed by atoms with E-state index in [4.69, 9.17) is 5.11 Å². The smallest absolute Gasteiger partial charge is 0.315 e. The molecule has 0 amide bonds. The lowest BCUT2D eigenvalue weighted by atomic mass is 10.1. The van der Waals surface area contributed by atoms with Crippen LogP contribution in [0.4, 0.5) is 0 Å². The van der Waals surface area contributed by atoms with Gasteiger partial charge in [0.2, 0.25) is 5.12 Å². The van der Waals surface area contributed by atoms with Crippen molar-refractivity contribution in [3.8, 4) is 0 Å². The minimum Gasteiger partial charge on any atom is -0.481 e. The fourth-order valence-corrected chi connectivity index (χ4v) is 1.69. The van der Waals surface area contributed by atoms with E-state index in [1.54, 1.807) is 0 Å². The Morgan fingerprint density at radius 2 is 2.44 bits per heavy atom. The van der Waals surface area contributed by atoms with Crippen molar-refractivity contribution in [2.45, 2.75) is 6.42 Å². The fourth-order valence-electron chi connectivity index (χ4n) is 0.720. The standard InChI is InChI=1S/C5H6O3S/c6-4(7)3-1-2-9-5(3)8/h3H,1-2H2,(H,6,7). The van der Waals surface area contributed by atoms with Crippen LogP contribution in [-0.4, -0.2) is 21.9 Å². The molecule has 0 saturated carbocycles. The zero-order chi connectivity index (χ0) is 6.85. The van der Waals surface area contributed by atoms with E-state index in [0.717, 1.165) is 11.8 Å². The van der Waals surface area contributed by atoms with Crippen molar-refractivity contribution in [3.63, 3.8) is 0 Å². The number of carboxylic acid groups (broad SMARTS) is 1. The van der Waals surface area contributed by atoms with E-state index < -0.39 is 11.9 Å². The number of thioether (sulfide) groups is 1. The maximum atomic E-state index is 10.6. The number of hydrogen-bond donors (Lipinski definition) is 1. The van der Waals surface area contributed by atoms with Crippen LogP contribution in [0.15, 0.2) is 0 Å². The summed E-state index contributed by atoms with van der Waals surface area (Å²) in [5.41, 5.74) is 0. The molecule has 1 rings (SSSR count). The summed E-state index contributed by atoms with van der Waals surface area (Å²) >= 11 is 1.11. The average molecular weight is 146 g/mol. The molecule has 0 aromatic carbocycles. The lowest BCUT2D eigenvalue weighted by molar-refractivity contribution is -0.143. The van der Waals surface area contributed by atoms with E-state index >= 15 is 0 Å². The number of carbonyl (C=O) groups excluding carboxylic acids is 1. The van der Waals surface area contributed by atoms with E-state index in [9.17, 15) is 9.59 Å². The normalized spacial score (nSPS) is 26.7. The Balaban J connectivity index is 2.60. The van der Waals surface area contributed by atoms with Crippen molar-refractivity contribution in [2.24, 2.45) is 5.92 Å². The van der Waals surface area contributed by atoms with E-state index in [2.05, 4.69) is 0 Å². The Bertz CT molecular complexity index is 154. The van der Waals surface area contributed by atoms with Gasteiger partial charge in [-0.1, -0.05) is 11.8 Å². The molecule has 9 heavy (non-hydrogen) atoms. The zero-order valence-electron chi connectivity index (χ0n) is 4.66. The van der Waals surface area contributed by atoms with E-state index in [1.807, 2.05) is 0 Å². The molecule has 0 aromatic rings. The molecule has 0 aliphatic carbocycles. The average Bonchev–Trinajstić information content (AvgIpc) is 2.13. The Labute approximate surface area is 56.4 Å². The highest BCUT2D eigenvalue weighted by atomic mass is 32.2. The van der Waals surface area contributed by atoms with Gasteiger partial charge in [-0.3, -0.25) is 9.59 Å². The predicted molar refractivity (Wildman–Crippen MR) is 33.2 cm³/mol. The Hall–Kier alpha value is -0.510. The number of carboxylic acids is 1. The van der Waals surface area contributed by atoms with Gasteiger partial charge in [-0.25, -0.2) is 0 Å². The Morgan fingerprint density at radius 3 is 2.67 bits per heavy atom. The van der Waals surface area contributed by atoms with E-state index in [1.165, 1.54) is 0 Å². The Morgan fingerprint density at radius 1 is 1.78 bits per heavy atom. The van der Waals surface area contributed by atoms with Gasteiger partial charge in [-0.2, -0.15) is 0 Å². The van der Waals surface area contributed by atoms with Gasteiger partial charge in [0.15, 0.2) is 0 Å². The van der Waals surface area contributed by atoms with Crippen LogP contribution in [0.3, 0.4) is 0 Å². The third kappa shape index (κ3) is 1.24. The molecule has 4 heteroatoms. The second kappa shape index (κ2) is 2.39. The summed E-state index contributed by atoms with van der Waals surface area (Å²) in [5, 5.41) is 8.16. The first kappa shape index (κ1) is 6.61. The molecule has 1 fully saturated rings. The lowest BCUT2D eigenvalue weighted by Crippen LogP contribution is -2.16.